The highest BCUT2D eigenvalue weighted by Gasteiger charge is 2.35. The van der Waals surface area contributed by atoms with Gasteiger partial charge < -0.3 is 14.5 Å². The van der Waals surface area contributed by atoms with Crippen molar-refractivity contribution in [3.05, 3.63) is 81.4 Å². The number of H-pyrrole nitrogens is 1. The van der Waals surface area contributed by atoms with Crippen LogP contribution in [0.25, 0.3) is 10.9 Å². The van der Waals surface area contributed by atoms with Crippen LogP contribution in [0.1, 0.15) is 80.0 Å². The smallest absolute Gasteiger partial charge is 0.253 e. The van der Waals surface area contributed by atoms with Crippen LogP contribution in [0.3, 0.4) is 0 Å². The molecule has 1 saturated heterocycles. The van der Waals surface area contributed by atoms with Crippen LogP contribution in [0.2, 0.25) is 0 Å². The van der Waals surface area contributed by atoms with E-state index in [0.717, 1.165) is 73.8 Å². The standard InChI is InChI=1S/C31H38N6O3/c1-3-21-13-14-28-23(16-21)18-27(31(38)32-28)29(30-33-34-35-37(30)24-9-4-5-10-24)36(20-26-12-7-15-40-26)19-22-8-6-11-25(17-22)39-2/h6,8,11,13-14,16-18,24,26,29H,3-5,7,9-10,12,15,19-20H2,1-2H3,(H,32,38)/t26-,29+/m0/s1. The fraction of sp³-hybridized carbons (Fsp3) is 0.484. The van der Waals surface area contributed by atoms with Gasteiger partial charge in [0.1, 0.15) is 11.8 Å². The Bertz CT molecular complexity index is 1500. The molecule has 0 amide bonds. The Kier molecular flexibility index (Phi) is 7.93. The summed E-state index contributed by atoms with van der Waals surface area (Å²) in [5.41, 5.74) is 3.68. The summed E-state index contributed by atoms with van der Waals surface area (Å²) in [6.07, 6.45) is 7.44. The van der Waals surface area contributed by atoms with Crippen LogP contribution in [0.4, 0.5) is 0 Å². The number of ether oxygens (including phenoxy) is 2. The molecule has 2 aliphatic rings. The number of methoxy groups -OCH3 is 1. The number of aromatic amines is 1. The molecule has 9 nitrogen and oxygen atoms in total. The monoisotopic (exact) mass is 542 g/mol. The van der Waals surface area contributed by atoms with Crippen LogP contribution in [-0.4, -0.2) is 56.5 Å². The molecule has 9 heteroatoms. The third kappa shape index (κ3) is 5.53. The molecule has 0 unspecified atom stereocenters. The number of nitrogens with one attached hydrogen (secondary N) is 1. The lowest BCUT2D eigenvalue weighted by Gasteiger charge is -2.33. The number of aryl methyl sites for hydroxylation is 1. The van der Waals surface area contributed by atoms with E-state index in [1.54, 1.807) is 7.11 Å². The normalized spacial score (nSPS) is 18.6. The summed E-state index contributed by atoms with van der Waals surface area (Å²) in [5, 5.41) is 14.2. The first-order chi connectivity index (χ1) is 19.6. The molecule has 2 aromatic carbocycles. The molecule has 6 rings (SSSR count). The number of pyridine rings is 1. The van der Waals surface area contributed by atoms with Crippen LogP contribution in [0.15, 0.2) is 53.3 Å². The highest BCUT2D eigenvalue weighted by Crippen LogP contribution is 2.35. The number of hydrogen-bond donors (Lipinski definition) is 1. The van der Waals surface area contributed by atoms with Gasteiger partial charge in [-0.05, 0) is 89.4 Å². The Morgan fingerprint density at radius 2 is 1.98 bits per heavy atom. The second kappa shape index (κ2) is 11.9. The molecule has 4 aromatic rings. The Balaban J connectivity index is 1.51. The van der Waals surface area contributed by atoms with Gasteiger partial charge in [-0.1, -0.05) is 38.0 Å². The van der Waals surface area contributed by atoms with Crippen molar-refractivity contribution >= 4 is 10.9 Å². The molecule has 2 aromatic heterocycles. The van der Waals surface area contributed by atoms with Gasteiger partial charge in [0.25, 0.3) is 5.56 Å². The average Bonchev–Trinajstić information content (AvgIpc) is 3.77. The fourth-order valence-corrected chi connectivity index (χ4v) is 6.30. The Labute approximate surface area is 234 Å². The first kappa shape index (κ1) is 26.7. The minimum atomic E-state index is -0.454. The first-order valence-electron chi connectivity index (χ1n) is 14.5. The van der Waals surface area contributed by atoms with Crippen molar-refractivity contribution in [1.82, 2.24) is 30.1 Å². The highest BCUT2D eigenvalue weighted by molar-refractivity contribution is 5.80. The zero-order valence-electron chi connectivity index (χ0n) is 23.4. The minimum absolute atomic E-state index is 0.0788. The zero-order valence-corrected chi connectivity index (χ0v) is 23.4. The number of nitrogens with zero attached hydrogens (tertiary/aromatic N) is 5. The fourth-order valence-electron chi connectivity index (χ4n) is 6.30. The predicted molar refractivity (Wildman–Crippen MR) is 153 cm³/mol. The Morgan fingerprint density at radius 3 is 2.75 bits per heavy atom. The number of fused-ring (bicyclic) bond motifs is 1. The number of benzene rings is 2. The lowest BCUT2D eigenvalue weighted by atomic mass is 10.00. The lowest BCUT2D eigenvalue weighted by molar-refractivity contribution is 0.0569. The molecule has 1 N–H and O–H groups in total. The maximum atomic E-state index is 13.8. The molecule has 40 heavy (non-hydrogen) atoms. The van der Waals surface area contributed by atoms with E-state index in [1.807, 2.05) is 28.9 Å². The minimum Gasteiger partial charge on any atom is -0.497 e. The van der Waals surface area contributed by atoms with E-state index in [4.69, 9.17) is 9.47 Å². The van der Waals surface area contributed by atoms with E-state index in [2.05, 4.69) is 56.6 Å². The van der Waals surface area contributed by atoms with E-state index in [-0.39, 0.29) is 17.7 Å². The molecule has 2 atom stereocenters. The van der Waals surface area contributed by atoms with Gasteiger partial charge in [-0.3, -0.25) is 9.69 Å². The summed E-state index contributed by atoms with van der Waals surface area (Å²) in [7, 11) is 1.68. The summed E-state index contributed by atoms with van der Waals surface area (Å²) in [6.45, 7) is 4.15. The molecule has 3 heterocycles. The van der Waals surface area contributed by atoms with E-state index >= 15 is 0 Å². The maximum absolute atomic E-state index is 13.8. The Morgan fingerprint density at radius 1 is 1.10 bits per heavy atom. The van der Waals surface area contributed by atoms with Gasteiger partial charge in [-0.2, -0.15) is 0 Å². The summed E-state index contributed by atoms with van der Waals surface area (Å²) < 4.78 is 13.6. The predicted octanol–water partition coefficient (Wildman–Crippen LogP) is 4.97. The summed E-state index contributed by atoms with van der Waals surface area (Å²) in [5.74, 6) is 1.52. The first-order valence-corrected chi connectivity index (χ1v) is 14.5. The van der Waals surface area contributed by atoms with Gasteiger partial charge in [0.15, 0.2) is 5.82 Å². The molecule has 2 fully saturated rings. The van der Waals surface area contributed by atoms with Crippen molar-refractivity contribution in [1.29, 1.82) is 0 Å². The Hall–Kier alpha value is -3.56. The molecular weight excluding hydrogens is 504 g/mol. The van der Waals surface area contributed by atoms with Crippen molar-refractivity contribution < 1.29 is 9.47 Å². The van der Waals surface area contributed by atoms with Crippen LogP contribution in [0.5, 0.6) is 5.75 Å². The summed E-state index contributed by atoms with van der Waals surface area (Å²) in [6, 6.07) is 16.2. The van der Waals surface area contributed by atoms with E-state index in [9.17, 15) is 4.79 Å². The zero-order chi connectivity index (χ0) is 27.5. The number of aromatic nitrogens is 5. The number of tetrazole rings is 1. The highest BCUT2D eigenvalue weighted by atomic mass is 16.5. The van der Waals surface area contributed by atoms with E-state index in [1.165, 1.54) is 5.56 Å². The lowest BCUT2D eigenvalue weighted by Crippen LogP contribution is -2.39. The van der Waals surface area contributed by atoms with Crippen molar-refractivity contribution in [2.24, 2.45) is 0 Å². The van der Waals surface area contributed by atoms with Gasteiger partial charge in [0, 0.05) is 30.8 Å². The number of rotatable bonds is 10. The van der Waals surface area contributed by atoms with Gasteiger partial charge in [-0.25, -0.2) is 4.68 Å². The van der Waals surface area contributed by atoms with Gasteiger partial charge in [-0.15, -0.1) is 5.10 Å². The van der Waals surface area contributed by atoms with Crippen LogP contribution in [0, 0.1) is 0 Å². The molecule has 1 aliphatic carbocycles. The van der Waals surface area contributed by atoms with Crippen molar-refractivity contribution in [3.8, 4) is 5.75 Å². The van der Waals surface area contributed by atoms with E-state index < -0.39 is 6.04 Å². The molecule has 1 saturated carbocycles. The second-order valence-electron chi connectivity index (χ2n) is 11.1. The SMILES string of the molecule is CCc1ccc2[nH]c(=O)c([C@H](c3nnnn3C3CCCC3)N(Cc3cccc(OC)c3)C[C@@H]3CCCO3)cc2c1. The molecule has 1 aliphatic heterocycles. The van der Waals surface area contributed by atoms with Crippen LogP contribution < -0.4 is 10.3 Å². The molecule has 210 valence electrons. The van der Waals surface area contributed by atoms with Crippen molar-refractivity contribution in [2.45, 2.75) is 76.6 Å². The van der Waals surface area contributed by atoms with Gasteiger partial charge >= 0.3 is 0 Å². The van der Waals surface area contributed by atoms with Crippen LogP contribution >= 0.6 is 0 Å². The number of hydrogen-bond acceptors (Lipinski definition) is 7. The largest absolute Gasteiger partial charge is 0.497 e. The maximum Gasteiger partial charge on any atom is 0.253 e. The third-order valence-electron chi connectivity index (χ3n) is 8.42. The molecular formula is C31H38N6O3. The van der Waals surface area contributed by atoms with Crippen molar-refractivity contribution in [2.75, 3.05) is 20.3 Å². The molecule has 0 bridgehead atoms. The van der Waals surface area contributed by atoms with Gasteiger partial charge in [0.05, 0.1) is 19.3 Å². The summed E-state index contributed by atoms with van der Waals surface area (Å²) >= 11 is 0. The third-order valence-corrected chi connectivity index (χ3v) is 8.42. The van der Waals surface area contributed by atoms with Gasteiger partial charge in [0.2, 0.25) is 0 Å². The van der Waals surface area contributed by atoms with Crippen molar-refractivity contribution in [3.63, 3.8) is 0 Å². The molecule has 0 spiro atoms. The summed E-state index contributed by atoms with van der Waals surface area (Å²) in [4.78, 5) is 19.3. The second-order valence-corrected chi connectivity index (χ2v) is 11.1. The van der Waals surface area contributed by atoms with E-state index in [0.29, 0.717) is 24.5 Å². The topological polar surface area (TPSA) is 98.2 Å². The van der Waals surface area contributed by atoms with Crippen LogP contribution in [-0.2, 0) is 17.7 Å². The molecule has 0 radical (unpaired) electrons. The quantitative estimate of drug-likeness (QED) is 0.302. The average molecular weight is 543 g/mol.